The van der Waals surface area contributed by atoms with E-state index in [4.69, 9.17) is 0 Å². The largest absolute Gasteiger partial charge is 0.349 e. The highest BCUT2D eigenvalue weighted by Crippen LogP contribution is 2.31. The fourth-order valence-corrected chi connectivity index (χ4v) is 3.51. The minimum atomic E-state index is -0.803. The number of imide groups is 1. The van der Waals surface area contributed by atoms with Crippen LogP contribution in [0.3, 0.4) is 0 Å². The summed E-state index contributed by atoms with van der Waals surface area (Å²) in [6.45, 7) is 0. The number of fused-ring (bicyclic) bond motifs is 1. The summed E-state index contributed by atoms with van der Waals surface area (Å²) < 4.78 is 1.66. The Balaban J connectivity index is 1.43. The molecule has 1 spiro atoms. The minimum Gasteiger partial charge on any atom is -0.349 e. The number of nitrogens with zero attached hydrogens (tertiary/aromatic N) is 2. The van der Waals surface area contributed by atoms with Crippen LogP contribution in [0, 0.1) is 0 Å². The van der Waals surface area contributed by atoms with Gasteiger partial charge in [0, 0.05) is 12.2 Å². The van der Waals surface area contributed by atoms with Gasteiger partial charge in [-0.25, -0.2) is 9.31 Å². The summed E-state index contributed by atoms with van der Waals surface area (Å²) in [4.78, 5) is 35.8. The second kappa shape index (κ2) is 5.33. The normalized spacial score (nSPS) is 26.4. The van der Waals surface area contributed by atoms with Crippen LogP contribution in [0.2, 0.25) is 0 Å². The lowest BCUT2D eigenvalue weighted by molar-refractivity contribution is -0.125. The number of urea groups is 1. The molecule has 0 bridgehead atoms. The van der Waals surface area contributed by atoms with Gasteiger partial charge >= 0.3 is 6.03 Å². The molecule has 4 rings (SSSR count). The Labute approximate surface area is 137 Å². The summed E-state index contributed by atoms with van der Waals surface area (Å²) in [6, 6.07) is 5.10. The van der Waals surface area contributed by atoms with Gasteiger partial charge in [0.25, 0.3) is 11.8 Å². The van der Waals surface area contributed by atoms with Gasteiger partial charge in [0.15, 0.2) is 0 Å². The van der Waals surface area contributed by atoms with E-state index >= 15 is 0 Å². The van der Waals surface area contributed by atoms with Crippen LogP contribution in [-0.2, 0) is 4.79 Å². The third-order valence-corrected chi connectivity index (χ3v) is 4.86. The predicted molar refractivity (Wildman–Crippen MR) is 84.3 cm³/mol. The number of hydrogen-bond donors (Lipinski definition) is 3. The molecule has 2 aromatic rings. The van der Waals surface area contributed by atoms with E-state index in [-0.39, 0.29) is 17.9 Å². The highest BCUT2D eigenvalue weighted by Gasteiger charge is 2.48. The van der Waals surface area contributed by atoms with Crippen molar-refractivity contribution in [1.82, 2.24) is 25.6 Å². The molecule has 2 aromatic heterocycles. The molecule has 3 heterocycles. The quantitative estimate of drug-likeness (QED) is 0.702. The van der Waals surface area contributed by atoms with E-state index in [1.165, 1.54) is 0 Å². The lowest BCUT2D eigenvalue weighted by Gasteiger charge is -2.34. The second-order valence-electron chi connectivity index (χ2n) is 6.33. The monoisotopic (exact) mass is 327 g/mol. The molecule has 8 nitrogen and oxygen atoms in total. The van der Waals surface area contributed by atoms with Crippen molar-refractivity contribution < 1.29 is 14.4 Å². The molecule has 1 aliphatic heterocycles. The maximum absolute atomic E-state index is 12.5. The van der Waals surface area contributed by atoms with Gasteiger partial charge < -0.3 is 10.6 Å². The molecule has 124 valence electrons. The van der Waals surface area contributed by atoms with E-state index in [2.05, 4.69) is 21.0 Å². The summed E-state index contributed by atoms with van der Waals surface area (Å²) >= 11 is 0. The van der Waals surface area contributed by atoms with Gasteiger partial charge in [-0.1, -0.05) is 6.07 Å². The zero-order chi connectivity index (χ0) is 16.7. The molecule has 2 fully saturated rings. The first-order valence-electron chi connectivity index (χ1n) is 7.94. The van der Waals surface area contributed by atoms with Crippen molar-refractivity contribution >= 4 is 23.4 Å². The fraction of sp³-hybridized carbons (Fsp3) is 0.375. The molecule has 1 saturated carbocycles. The van der Waals surface area contributed by atoms with Gasteiger partial charge in [-0.15, -0.1) is 0 Å². The zero-order valence-electron chi connectivity index (χ0n) is 12.9. The van der Waals surface area contributed by atoms with Crippen LogP contribution in [0.15, 0.2) is 30.6 Å². The van der Waals surface area contributed by atoms with E-state index < -0.39 is 11.6 Å². The molecule has 24 heavy (non-hydrogen) atoms. The maximum atomic E-state index is 12.5. The topological polar surface area (TPSA) is 105 Å². The van der Waals surface area contributed by atoms with Crippen LogP contribution in [0.1, 0.15) is 36.0 Å². The van der Waals surface area contributed by atoms with E-state index in [0.717, 1.165) is 5.52 Å². The Hall–Kier alpha value is -2.90. The number of rotatable bonds is 2. The first kappa shape index (κ1) is 14.7. The Morgan fingerprint density at radius 2 is 2.08 bits per heavy atom. The lowest BCUT2D eigenvalue weighted by Crippen LogP contribution is -2.52. The van der Waals surface area contributed by atoms with Crippen LogP contribution >= 0.6 is 0 Å². The van der Waals surface area contributed by atoms with E-state index in [1.54, 1.807) is 16.9 Å². The summed E-state index contributed by atoms with van der Waals surface area (Å²) in [7, 11) is 0. The number of nitrogens with one attached hydrogen (secondary N) is 3. The molecule has 0 aromatic carbocycles. The van der Waals surface area contributed by atoms with Crippen LogP contribution < -0.4 is 16.0 Å². The summed E-state index contributed by atoms with van der Waals surface area (Å²) in [5.74, 6) is -0.433. The Morgan fingerprint density at radius 1 is 1.29 bits per heavy atom. The van der Waals surface area contributed by atoms with E-state index in [9.17, 15) is 14.4 Å². The number of aromatic nitrogens is 2. The van der Waals surface area contributed by atoms with E-state index in [1.807, 2.05) is 18.2 Å². The van der Waals surface area contributed by atoms with Crippen molar-refractivity contribution in [2.24, 2.45) is 0 Å². The number of carbonyl (C=O) groups excluding carboxylic acids is 3. The predicted octanol–water partition coefficient (Wildman–Crippen LogP) is 0.585. The average molecular weight is 327 g/mol. The Kier molecular flexibility index (Phi) is 3.26. The van der Waals surface area contributed by atoms with Gasteiger partial charge in [0.2, 0.25) is 0 Å². The van der Waals surface area contributed by atoms with Crippen LogP contribution in [0.4, 0.5) is 4.79 Å². The minimum absolute atomic E-state index is 0.0212. The van der Waals surface area contributed by atoms with Crippen LogP contribution in [-0.4, -0.2) is 39.0 Å². The van der Waals surface area contributed by atoms with E-state index in [0.29, 0.717) is 31.2 Å². The first-order valence-corrected chi connectivity index (χ1v) is 7.94. The molecule has 1 aliphatic carbocycles. The Bertz CT molecular complexity index is 835. The van der Waals surface area contributed by atoms with Gasteiger partial charge in [-0.2, -0.15) is 5.10 Å². The molecular weight excluding hydrogens is 310 g/mol. The number of carbonyl (C=O) groups is 3. The number of pyridine rings is 1. The Morgan fingerprint density at radius 3 is 2.79 bits per heavy atom. The number of hydrogen-bond acceptors (Lipinski definition) is 4. The van der Waals surface area contributed by atoms with Crippen LogP contribution in [0.25, 0.3) is 5.52 Å². The standard InChI is InChI=1S/C16H17N5O3/c22-13(11-9-17-21-8-2-1-3-12(11)21)18-10-4-6-16(7-5-10)14(23)19-15(24)20-16/h1-3,8-10H,4-7H2,(H,18,22)(H2,19,20,23,24). The molecule has 3 N–H and O–H groups in total. The second-order valence-corrected chi connectivity index (χ2v) is 6.33. The maximum Gasteiger partial charge on any atom is 0.322 e. The van der Waals surface area contributed by atoms with Crippen molar-refractivity contribution in [3.05, 3.63) is 36.2 Å². The SMILES string of the molecule is O=C1NC(=O)C2(CCC(NC(=O)c3cnn4ccccc34)CC2)N1. The highest BCUT2D eigenvalue weighted by molar-refractivity contribution is 6.07. The molecular formula is C16H17N5O3. The molecule has 1 saturated heterocycles. The first-order chi connectivity index (χ1) is 11.6. The molecule has 0 unspecified atom stereocenters. The zero-order valence-corrected chi connectivity index (χ0v) is 12.9. The number of amides is 4. The van der Waals surface area contributed by atoms with Gasteiger partial charge in [-0.3, -0.25) is 14.9 Å². The van der Waals surface area contributed by atoms with Gasteiger partial charge in [0.1, 0.15) is 5.54 Å². The lowest BCUT2D eigenvalue weighted by atomic mass is 9.79. The molecule has 0 radical (unpaired) electrons. The van der Waals surface area contributed by atoms with Gasteiger partial charge in [-0.05, 0) is 37.8 Å². The van der Waals surface area contributed by atoms with Gasteiger partial charge in [0.05, 0.1) is 17.3 Å². The third-order valence-electron chi connectivity index (χ3n) is 4.86. The third kappa shape index (κ3) is 2.31. The molecule has 4 amide bonds. The molecule has 2 aliphatic rings. The highest BCUT2D eigenvalue weighted by atomic mass is 16.2. The van der Waals surface area contributed by atoms with Crippen LogP contribution in [0.5, 0.6) is 0 Å². The van der Waals surface area contributed by atoms with Crippen molar-refractivity contribution in [1.29, 1.82) is 0 Å². The average Bonchev–Trinajstić information content (AvgIpc) is 3.11. The fourth-order valence-electron chi connectivity index (χ4n) is 3.51. The molecule has 8 heteroatoms. The van der Waals surface area contributed by atoms with Crippen molar-refractivity contribution in [2.75, 3.05) is 0 Å². The molecule has 0 atom stereocenters. The van der Waals surface area contributed by atoms with Crippen molar-refractivity contribution in [2.45, 2.75) is 37.3 Å². The van der Waals surface area contributed by atoms with Crippen molar-refractivity contribution in [3.8, 4) is 0 Å². The smallest absolute Gasteiger partial charge is 0.322 e. The summed E-state index contributed by atoms with van der Waals surface area (Å²) in [6.07, 6.45) is 5.66. The summed E-state index contributed by atoms with van der Waals surface area (Å²) in [5, 5.41) is 12.2. The summed E-state index contributed by atoms with van der Waals surface area (Å²) in [5.41, 5.74) is 0.482. The van der Waals surface area contributed by atoms with Crippen molar-refractivity contribution in [3.63, 3.8) is 0 Å².